The normalized spacial score (nSPS) is 16.2. The number of rotatable bonds is 5. The monoisotopic (exact) mass is 484 g/mol. The molecule has 1 aliphatic rings. The van der Waals surface area contributed by atoms with E-state index >= 15 is 0 Å². The molecule has 8 heteroatoms. The fourth-order valence-corrected chi connectivity index (χ4v) is 3.88. The smallest absolute Gasteiger partial charge is 0.264 e. The van der Waals surface area contributed by atoms with E-state index in [1.165, 1.54) is 11.8 Å². The third kappa shape index (κ3) is 4.44. The molecule has 0 spiro atoms. The minimum absolute atomic E-state index is 0.229. The summed E-state index contributed by atoms with van der Waals surface area (Å²) >= 11 is 4.66. The molecule has 1 fully saturated rings. The van der Waals surface area contributed by atoms with Crippen LogP contribution in [-0.4, -0.2) is 25.3 Å². The van der Waals surface area contributed by atoms with Crippen LogP contribution in [0, 0.1) is 0 Å². The largest absolute Gasteiger partial charge is 0.497 e. The number of amidine groups is 1. The van der Waals surface area contributed by atoms with Gasteiger partial charge in [-0.15, -0.1) is 0 Å². The van der Waals surface area contributed by atoms with E-state index in [0.717, 1.165) is 15.8 Å². The molecule has 1 aromatic heterocycles. The van der Waals surface area contributed by atoms with Crippen LogP contribution < -0.4 is 14.8 Å². The molecule has 0 aliphatic carbocycles. The number of methoxy groups -OCH3 is 2. The van der Waals surface area contributed by atoms with Gasteiger partial charge < -0.3 is 19.2 Å². The van der Waals surface area contributed by atoms with Crippen LogP contribution in [0.1, 0.15) is 5.76 Å². The van der Waals surface area contributed by atoms with E-state index in [2.05, 4.69) is 26.2 Å². The molecule has 1 N–H and O–H groups in total. The van der Waals surface area contributed by atoms with Crippen molar-refractivity contribution < 1.29 is 18.7 Å². The molecule has 152 valence electrons. The highest BCUT2D eigenvalue weighted by molar-refractivity contribution is 9.10. The first-order valence-electron chi connectivity index (χ1n) is 8.93. The van der Waals surface area contributed by atoms with Crippen LogP contribution in [0.15, 0.2) is 73.4 Å². The van der Waals surface area contributed by atoms with Crippen molar-refractivity contribution in [1.82, 2.24) is 5.32 Å². The summed E-state index contributed by atoms with van der Waals surface area (Å²) in [6, 6.07) is 16.8. The number of carbonyl (C=O) groups is 1. The average molecular weight is 485 g/mol. The van der Waals surface area contributed by atoms with Crippen LogP contribution in [0.4, 0.5) is 5.69 Å². The SMILES string of the molecule is COc1ccc(N=C2NC(=O)/C(=C\c3ccc(-c4ccc(Br)cc4)o3)S2)c(OC)c1. The topological polar surface area (TPSA) is 73.1 Å². The minimum atomic E-state index is -0.229. The number of thioether (sulfide) groups is 1. The predicted octanol–water partition coefficient (Wildman–Crippen LogP) is 5.62. The van der Waals surface area contributed by atoms with Gasteiger partial charge in [0.1, 0.15) is 28.7 Å². The maximum absolute atomic E-state index is 12.4. The van der Waals surface area contributed by atoms with Crippen molar-refractivity contribution >= 4 is 50.5 Å². The summed E-state index contributed by atoms with van der Waals surface area (Å²) in [4.78, 5) is 17.4. The minimum Gasteiger partial charge on any atom is -0.497 e. The van der Waals surface area contributed by atoms with Crippen LogP contribution in [0.25, 0.3) is 17.4 Å². The van der Waals surface area contributed by atoms with E-state index in [9.17, 15) is 4.79 Å². The van der Waals surface area contributed by atoms with Crippen LogP contribution in [0.5, 0.6) is 11.5 Å². The Balaban J connectivity index is 1.55. The number of ether oxygens (including phenoxy) is 2. The fourth-order valence-electron chi connectivity index (χ4n) is 2.80. The highest BCUT2D eigenvalue weighted by Crippen LogP contribution is 2.35. The Kier molecular flexibility index (Phi) is 5.96. The molecule has 1 amide bonds. The highest BCUT2D eigenvalue weighted by atomic mass is 79.9. The zero-order valence-electron chi connectivity index (χ0n) is 16.1. The number of furan rings is 1. The lowest BCUT2D eigenvalue weighted by molar-refractivity contribution is -0.115. The van der Waals surface area contributed by atoms with Gasteiger partial charge in [-0.1, -0.05) is 28.1 Å². The highest BCUT2D eigenvalue weighted by Gasteiger charge is 2.25. The van der Waals surface area contributed by atoms with Crippen molar-refractivity contribution in [2.45, 2.75) is 0 Å². The molecular formula is C22H17BrN2O4S. The second-order valence-electron chi connectivity index (χ2n) is 6.23. The Morgan fingerprint density at radius 3 is 2.60 bits per heavy atom. The van der Waals surface area contributed by atoms with E-state index in [1.54, 1.807) is 38.5 Å². The Hall–Kier alpha value is -2.97. The molecule has 0 atom stereocenters. The summed E-state index contributed by atoms with van der Waals surface area (Å²) < 4.78 is 17.4. The van der Waals surface area contributed by atoms with Gasteiger partial charge in [0.2, 0.25) is 0 Å². The zero-order chi connectivity index (χ0) is 21.1. The van der Waals surface area contributed by atoms with Crippen molar-refractivity contribution in [3.8, 4) is 22.8 Å². The molecule has 2 aromatic carbocycles. The van der Waals surface area contributed by atoms with Gasteiger partial charge in [0.05, 0.1) is 19.1 Å². The second kappa shape index (κ2) is 8.81. The number of aliphatic imine (C=N–C) groups is 1. The number of hydrogen-bond acceptors (Lipinski definition) is 6. The Morgan fingerprint density at radius 1 is 1.07 bits per heavy atom. The lowest BCUT2D eigenvalue weighted by Gasteiger charge is -2.07. The molecule has 0 radical (unpaired) electrons. The number of benzene rings is 2. The van der Waals surface area contributed by atoms with E-state index in [-0.39, 0.29) is 5.91 Å². The van der Waals surface area contributed by atoms with Gasteiger partial charge in [0, 0.05) is 22.2 Å². The second-order valence-corrected chi connectivity index (χ2v) is 8.17. The van der Waals surface area contributed by atoms with Crippen molar-refractivity contribution in [2.24, 2.45) is 4.99 Å². The number of nitrogens with zero attached hydrogens (tertiary/aromatic N) is 1. The number of nitrogens with one attached hydrogen (secondary N) is 1. The maximum atomic E-state index is 12.4. The first-order chi connectivity index (χ1) is 14.6. The Morgan fingerprint density at radius 2 is 1.87 bits per heavy atom. The average Bonchev–Trinajstić information content (AvgIpc) is 3.35. The van der Waals surface area contributed by atoms with Gasteiger partial charge in [0.25, 0.3) is 5.91 Å². The van der Waals surface area contributed by atoms with Gasteiger partial charge in [-0.05, 0) is 48.2 Å². The van der Waals surface area contributed by atoms with E-state index in [4.69, 9.17) is 13.9 Å². The Labute approximate surface area is 186 Å². The predicted molar refractivity (Wildman–Crippen MR) is 122 cm³/mol. The van der Waals surface area contributed by atoms with E-state index in [0.29, 0.717) is 33.0 Å². The number of hydrogen-bond donors (Lipinski definition) is 1. The summed E-state index contributed by atoms with van der Waals surface area (Å²) in [5.41, 5.74) is 1.55. The van der Waals surface area contributed by atoms with Gasteiger partial charge in [-0.25, -0.2) is 4.99 Å². The molecule has 1 saturated heterocycles. The molecular weight excluding hydrogens is 468 g/mol. The molecule has 0 bridgehead atoms. The third-order valence-electron chi connectivity index (χ3n) is 4.29. The third-order valence-corrected chi connectivity index (χ3v) is 5.73. The van der Waals surface area contributed by atoms with Crippen LogP contribution in [-0.2, 0) is 4.79 Å². The Bertz CT molecular complexity index is 1150. The molecule has 1 aliphatic heterocycles. The van der Waals surface area contributed by atoms with Crippen LogP contribution >= 0.6 is 27.7 Å². The molecule has 6 nitrogen and oxygen atoms in total. The first-order valence-corrected chi connectivity index (χ1v) is 10.5. The lowest BCUT2D eigenvalue weighted by Crippen LogP contribution is -2.19. The summed E-state index contributed by atoms with van der Waals surface area (Å²) in [5, 5.41) is 3.24. The van der Waals surface area contributed by atoms with Gasteiger partial charge in [0.15, 0.2) is 5.17 Å². The van der Waals surface area contributed by atoms with Crippen molar-refractivity contribution in [3.63, 3.8) is 0 Å². The molecule has 0 unspecified atom stereocenters. The summed E-state index contributed by atoms with van der Waals surface area (Å²) in [6.45, 7) is 0. The van der Waals surface area contributed by atoms with Gasteiger partial charge >= 0.3 is 0 Å². The van der Waals surface area contributed by atoms with Crippen LogP contribution in [0.3, 0.4) is 0 Å². The molecule has 0 saturated carbocycles. The van der Waals surface area contributed by atoms with Crippen molar-refractivity contribution in [3.05, 3.63) is 69.7 Å². The number of amides is 1. The molecule has 2 heterocycles. The number of halogens is 1. The first kappa shape index (κ1) is 20.3. The van der Waals surface area contributed by atoms with Crippen molar-refractivity contribution in [2.75, 3.05) is 14.2 Å². The van der Waals surface area contributed by atoms with Crippen LogP contribution in [0.2, 0.25) is 0 Å². The van der Waals surface area contributed by atoms with Crippen molar-refractivity contribution in [1.29, 1.82) is 0 Å². The zero-order valence-corrected chi connectivity index (χ0v) is 18.5. The maximum Gasteiger partial charge on any atom is 0.264 e. The fraction of sp³-hybridized carbons (Fsp3) is 0.0909. The summed E-state index contributed by atoms with van der Waals surface area (Å²) in [6.07, 6.45) is 1.70. The van der Waals surface area contributed by atoms with Gasteiger partial charge in [-0.3, -0.25) is 4.79 Å². The van der Waals surface area contributed by atoms with E-state index in [1.807, 2.05) is 36.4 Å². The summed E-state index contributed by atoms with van der Waals surface area (Å²) in [7, 11) is 3.14. The van der Waals surface area contributed by atoms with E-state index < -0.39 is 0 Å². The number of carbonyl (C=O) groups excluding carboxylic acids is 1. The standard InChI is InChI=1S/C22H17BrN2O4S/c1-27-15-7-9-17(19(11-15)28-2)24-22-25-21(26)20(30-22)12-16-8-10-18(29-16)13-3-5-14(23)6-4-13/h3-12H,1-2H3,(H,24,25,26)/b20-12+. The lowest BCUT2D eigenvalue weighted by atomic mass is 10.2. The molecule has 4 rings (SSSR count). The molecule has 30 heavy (non-hydrogen) atoms. The van der Waals surface area contributed by atoms with Gasteiger partial charge in [-0.2, -0.15) is 0 Å². The quantitative estimate of drug-likeness (QED) is 0.475. The summed E-state index contributed by atoms with van der Waals surface area (Å²) in [5.74, 6) is 2.31. The molecule has 3 aromatic rings.